The minimum atomic E-state index is -4.25. The molecular formula is C18H20N2O6S. The molecule has 0 aliphatic rings. The van der Waals surface area contributed by atoms with Gasteiger partial charge in [-0.2, -0.15) is 0 Å². The molecule has 0 atom stereocenters. The number of sulfonamides is 1. The van der Waals surface area contributed by atoms with Gasteiger partial charge in [0.05, 0.1) is 22.6 Å². The fourth-order valence-electron chi connectivity index (χ4n) is 2.74. The number of rotatable bonds is 6. The highest BCUT2D eigenvalue weighted by atomic mass is 32.2. The van der Waals surface area contributed by atoms with Gasteiger partial charge in [-0.1, -0.05) is 24.3 Å². The summed E-state index contributed by atoms with van der Waals surface area (Å²) in [5, 5.41) is 11.2. The van der Waals surface area contributed by atoms with Crippen LogP contribution in [-0.2, 0) is 19.6 Å². The van der Waals surface area contributed by atoms with Gasteiger partial charge in [-0.25, -0.2) is 8.42 Å². The number of nitrogens with zero attached hydrogens (tertiary/aromatic N) is 2. The molecule has 9 heteroatoms. The largest absolute Gasteiger partial charge is 0.468 e. The first-order valence-corrected chi connectivity index (χ1v) is 9.44. The molecule has 8 nitrogen and oxygen atoms in total. The van der Waals surface area contributed by atoms with Crippen LogP contribution in [0.2, 0.25) is 0 Å². The molecule has 0 bridgehead atoms. The maximum absolute atomic E-state index is 13.3. The number of hydrogen-bond donors (Lipinski definition) is 0. The van der Waals surface area contributed by atoms with E-state index in [1.54, 1.807) is 32.0 Å². The summed E-state index contributed by atoms with van der Waals surface area (Å²) in [5.74, 6) is -0.747. The molecule has 27 heavy (non-hydrogen) atoms. The Labute approximate surface area is 157 Å². The number of carbonyl (C=O) groups excluding carboxylic acids is 1. The van der Waals surface area contributed by atoms with Gasteiger partial charge in [0.2, 0.25) is 0 Å². The van der Waals surface area contributed by atoms with E-state index in [1.807, 2.05) is 0 Å². The van der Waals surface area contributed by atoms with E-state index in [1.165, 1.54) is 19.1 Å². The normalized spacial score (nSPS) is 11.1. The van der Waals surface area contributed by atoms with Crippen molar-refractivity contribution in [3.8, 4) is 0 Å². The van der Waals surface area contributed by atoms with E-state index in [9.17, 15) is 23.3 Å². The molecule has 0 aliphatic heterocycles. The fraction of sp³-hybridized carbons (Fsp3) is 0.278. The number of aryl methyl sites for hydroxylation is 3. The van der Waals surface area contributed by atoms with Crippen LogP contribution in [0.4, 0.5) is 11.4 Å². The third-order valence-electron chi connectivity index (χ3n) is 4.15. The zero-order chi connectivity index (χ0) is 20.4. The van der Waals surface area contributed by atoms with E-state index in [0.29, 0.717) is 22.4 Å². The highest BCUT2D eigenvalue weighted by Crippen LogP contribution is 2.31. The van der Waals surface area contributed by atoms with Crippen LogP contribution in [0.1, 0.15) is 16.7 Å². The average molecular weight is 392 g/mol. The van der Waals surface area contributed by atoms with Crippen molar-refractivity contribution >= 4 is 27.4 Å². The van der Waals surface area contributed by atoms with Crippen LogP contribution in [0, 0.1) is 30.9 Å². The number of para-hydroxylation sites is 1. The molecule has 0 fully saturated rings. The minimum Gasteiger partial charge on any atom is -0.468 e. The van der Waals surface area contributed by atoms with E-state index in [0.717, 1.165) is 17.5 Å². The van der Waals surface area contributed by atoms with Gasteiger partial charge in [-0.3, -0.25) is 19.2 Å². The number of carbonyl (C=O) groups is 1. The number of nitro benzene ring substituents is 1. The van der Waals surface area contributed by atoms with Crippen molar-refractivity contribution in [2.45, 2.75) is 25.7 Å². The van der Waals surface area contributed by atoms with Crippen LogP contribution in [-0.4, -0.2) is 33.0 Å². The quantitative estimate of drug-likeness (QED) is 0.425. The van der Waals surface area contributed by atoms with Gasteiger partial charge in [0, 0.05) is 11.6 Å². The van der Waals surface area contributed by atoms with Crippen LogP contribution < -0.4 is 4.31 Å². The summed E-state index contributed by atoms with van der Waals surface area (Å²) in [6.45, 7) is 4.41. The van der Waals surface area contributed by atoms with E-state index in [2.05, 4.69) is 4.74 Å². The molecule has 0 aliphatic carbocycles. The van der Waals surface area contributed by atoms with Gasteiger partial charge in [-0.15, -0.1) is 0 Å². The van der Waals surface area contributed by atoms with E-state index >= 15 is 0 Å². The summed E-state index contributed by atoms with van der Waals surface area (Å²) in [7, 11) is -3.09. The SMILES string of the molecule is COC(=O)CN(c1c(C)cccc1C)S(=O)(=O)c1ccc(C)c([N+](=O)[O-])c1. The van der Waals surface area contributed by atoms with Crippen molar-refractivity contribution in [2.24, 2.45) is 0 Å². The maximum atomic E-state index is 13.3. The molecule has 144 valence electrons. The lowest BCUT2D eigenvalue weighted by Gasteiger charge is -2.26. The topological polar surface area (TPSA) is 107 Å². The van der Waals surface area contributed by atoms with Gasteiger partial charge in [0.25, 0.3) is 15.7 Å². The maximum Gasteiger partial charge on any atom is 0.326 e. The lowest BCUT2D eigenvalue weighted by molar-refractivity contribution is -0.385. The predicted octanol–water partition coefficient (Wildman–Crippen LogP) is 2.89. The Kier molecular flexibility index (Phi) is 5.85. The molecule has 0 amide bonds. The first-order valence-electron chi connectivity index (χ1n) is 8.00. The van der Waals surface area contributed by atoms with Crippen molar-refractivity contribution in [3.63, 3.8) is 0 Å². The monoisotopic (exact) mass is 392 g/mol. The predicted molar refractivity (Wildman–Crippen MR) is 100 cm³/mol. The van der Waals surface area contributed by atoms with Gasteiger partial charge in [0.15, 0.2) is 0 Å². The smallest absolute Gasteiger partial charge is 0.326 e. The minimum absolute atomic E-state index is 0.272. The Morgan fingerprint density at radius 3 is 2.22 bits per heavy atom. The van der Waals surface area contributed by atoms with Crippen molar-refractivity contribution < 1.29 is 22.9 Å². The number of esters is 1. The molecule has 0 N–H and O–H groups in total. The number of benzene rings is 2. The lowest BCUT2D eigenvalue weighted by Crippen LogP contribution is -2.37. The van der Waals surface area contributed by atoms with Crippen LogP contribution in [0.25, 0.3) is 0 Å². The standard InChI is InChI=1S/C18H20N2O6S/c1-12-8-9-15(10-16(12)20(22)23)27(24,25)19(11-17(21)26-4)18-13(2)6-5-7-14(18)3/h5-10H,11H2,1-4H3. The van der Waals surface area contributed by atoms with Crippen LogP contribution in [0.5, 0.6) is 0 Å². The summed E-state index contributed by atoms with van der Waals surface area (Å²) < 4.78 is 32.1. The average Bonchev–Trinajstić information content (AvgIpc) is 2.60. The molecule has 0 radical (unpaired) electrons. The van der Waals surface area contributed by atoms with Gasteiger partial charge in [-0.05, 0) is 38.0 Å². The van der Waals surface area contributed by atoms with Crippen molar-refractivity contribution in [1.82, 2.24) is 0 Å². The number of ether oxygens (including phenoxy) is 1. The van der Waals surface area contributed by atoms with E-state index < -0.39 is 27.5 Å². The molecule has 2 aromatic carbocycles. The molecule has 0 heterocycles. The van der Waals surface area contributed by atoms with Crippen molar-refractivity contribution in [1.29, 1.82) is 0 Å². The molecular weight excluding hydrogens is 372 g/mol. The molecule has 0 saturated heterocycles. The molecule has 0 aromatic heterocycles. The highest BCUT2D eigenvalue weighted by Gasteiger charge is 2.31. The third kappa shape index (κ3) is 4.08. The third-order valence-corrected chi connectivity index (χ3v) is 5.90. The lowest BCUT2D eigenvalue weighted by atomic mass is 10.1. The van der Waals surface area contributed by atoms with Crippen LogP contribution in [0.3, 0.4) is 0 Å². The Morgan fingerprint density at radius 2 is 1.70 bits per heavy atom. The summed E-state index contributed by atoms with van der Waals surface area (Å²) in [6.07, 6.45) is 0. The first-order chi connectivity index (χ1) is 12.6. The van der Waals surface area contributed by atoms with Gasteiger partial charge >= 0.3 is 5.97 Å². The second-order valence-corrected chi connectivity index (χ2v) is 7.90. The number of nitro groups is 1. The summed E-state index contributed by atoms with van der Waals surface area (Å²) >= 11 is 0. The molecule has 0 spiro atoms. The van der Waals surface area contributed by atoms with Crippen molar-refractivity contribution in [3.05, 3.63) is 63.2 Å². The Hall–Kier alpha value is -2.94. The zero-order valence-electron chi connectivity index (χ0n) is 15.4. The van der Waals surface area contributed by atoms with Crippen LogP contribution >= 0.6 is 0 Å². The number of hydrogen-bond acceptors (Lipinski definition) is 6. The summed E-state index contributed by atoms with van der Waals surface area (Å²) in [6, 6.07) is 8.87. The van der Waals surface area contributed by atoms with E-state index in [4.69, 9.17) is 0 Å². The summed E-state index contributed by atoms with van der Waals surface area (Å²) in [5.41, 5.74) is 1.65. The number of methoxy groups -OCH3 is 1. The van der Waals surface area contributed by atoms with Crippen molar-refractivity contribution in [2.75, 3.05) is 18.0 Å². The molecule has 2 aromatic rings. The van der Waals surface area contributed by atoms with Gasteiger partial charge in [0.1, 0.15) is 6.54 Å². The molecule has 2 rings (SSSR count). The second kappa shape index (κ2) is 7.75. The Balaban J connectivity index is 2.70. The zero-order valence-corrected chi connectivity index (χ0v) is 16.2. The van der Waals surface area contributed by atoms with Crippen LogP contribution in [0.15, 0.2) is 41.3 Å². The Bertz CT molecular complexity index is 981. The first kappa shape index (κ1) is 20.4. The second-order valence-electron chi connectivity index (χ2n) is 6.03. The van der Waals surface area contributed by atoms with E-state index in [-0.39, 0.29) is 10.6 Å². The summed E-state index contributed by atoms with van der Waals surface area (Å²) in [4.78, 5) is 22.2. The number of anilines is 1. The Morgan fingerprint density at radius 1 is 1.11 bits per heavy atom. The fourth-order valence-corrected chi connectivity index (χ4v) is 4.30. The molecule has 0 unspecified atom stereocenters. The molecule has 0 saturated carbocycles. The highest BCUT2D eigenvalue weighted by molar-refractivity contribution is 7.92. The van der Waals surface area contributed by atoms with Gasteiger partial charge < -0.3 is 4.74 Å².